The number of rotatable bonds is 4. The summed E-state index contributed by atoms with van der Waals surface area (Å²) in [5.74, 6) is -0.153. The Bertz CT molecular complexity index is 1020. The lowest BCUT2D eigenvalue weighted by atomic mass is 10.0. The Kier molecular flexibility index (Phi) is 5.78. The minimum absolute atomic E-state index is 0.153. The van der Waals surface area contributed by atoms with Crippen LogP contribution in [0, 0.1) is 0 Å². The highest BCUT2D eigenvalue weighted by molar-refractivity contribution is 6.19. The molecule has 0 saturated carbocycles. The van der Waals surface area contributed by atoms with Gasteiger partial charge in [-0.3, -0.25) is 10.00 Å². The molecule has 0 fully saturated rings. The molecule has 29 heavy (non-hydrogen) atoms. The van der Waals surface area contributed by atoms with Gasteiger partial charge in [0, 0.05) is 12.6 Å². The smallest absolute Gasteiger partial charge is 0.406 e. The summed E-state index contributed by atoms with van der Waals surface area (Å²) in [5, 5.41) is 6.27. The number of aryl methyl sites for hydroxylation is 1. The molecular weight excluding hydrogens is 414 g/mol. The van der Waals surface area contributed by atoms with Gasteiger partial charge in [0.25, 0.3) is 0 Å². The van der Waals surface area contributed by atoms with Crippen LogP contribution in [0.2, 0.25) is 0 Å². The van der Waals surface area contributed by atoms with E-state index in [0.717, 1.165) is 12.1 Å². The monoisotopic (exact) mass is 427 g/mol. The molecular formula is C19H14ClF4N3O2. The minimum Gasteiger partial charge on any atom is -0.406 e. The second-order valence-electron chi connectivity index (χ2n) is 5.99. The highest BCUT2D eigenvalue weighted by atomic mass is 35.5. The van der Waals surface area contributed by atoms with E-state index in [2.05, 4.69) is 10.4 Å². The lowest BCUT2D eigenvalue weighted by Crippen LogP contribution is -2.17. The molecule has 0 aliphatic heterocycles. The molecule has 3 aromatic rings. The molecule has 0 spiro atoms. The number of nitrogens with zero attached hydrogens (tertiary/aromatic N) is 2. The number of amides is 1. The van der Waals surface area contributed by atoms with Crippen molar-refractivity contribution in [3.05, 3.63) is 66.0 Å². The standard InChI is InChI=1S/C19H14ClF4N3O2/c1-27-10-15(16(26-27)17(20)21)29-18(28)25-14-5-3-2-4-13(14)11-6-8-12(9-7-11)19(22,23)24/h2-10,17H,1H3,(H,25,28). The van der Waals surface area contributed by atoms with E-state index in [1.807, 2.05) is 0 Å². The summed E-state index contributed by atoms with van der Waals surface area (Å²) in [4.78, 5) is 12.3. The second-order valence-corrected chi connectivity index (χ2v) is 6.37. The number of carbonyl (C=O) groups is 1. The number of hydrogen-bond donors (Lipinski definition) is 1. The zero-order valence-corrected chi connectivity index (χ0v) is 15.6. The third kappa shape index (κ3) is 4.86. The number of ether oxygens (including phenoxy) is 1. The van der Waals surface area contributed by atoms with Crippen molar-refractivity contribution in [2.45, 2.75) is 11.8 Å². The van der Waals surface area contributed by atoms with E-state index in [-0.39, 0.29) is 11.4 Å². The normalized spacial score (nSPS) is 12.5. The van der Waals surface area contributed by atoms with Crippen LogP contribution in [-0.2, 0) is 13.2 Å². The van der Waals surface area contributed by atoms with E-state index < -0.39 is 23.5 Å². The first-order chi connectivity index (χ1) is 13.6. The van der Waals surface area contributed by atoms with Gasteiger partial charge >= 0.3 is 12.3 Å². The van der Waals surface area contributed by atoms with Crippen LogP contribution >= 0.6 is 11.6 Å². The molecule has 3 rings (SSSR count). The van der Waals surface area contributed by atoms with Crippen molar-refractivity contribution in [2.75, 3.05) is 5.32 Å². The fourth-order valence-corrected chi connectivity index (χ4v) is 2.78. The number of carbonyl (C=O) groups excluding carboxylic acids is 1. The SMILES string of the molecule is Cn1cc(OC(=O)Nc2ccccc2-c2ccc(C(F)(F)F)cc2)c(C(F)Cl)n1. The highest BCUT2D eigenvalue weighted by Gasteiger charge is 2.30. The van der Waals surface area contributed by atoms with Gasteiger partial charge < -0.3 is 4.74 Å². The Morgan fingerprint density at radius 1 is 1.17 bits per heavy atom. The summed E-state index contributed by atoms with van der Waals surface area (Å²) in [6.45, 7) is 0. The fourth-order valence-electron chi connectivity index (χ4n) is 2.63. The number of aromatic nitrogens is 2. The molecule has 1 N–H and O–H groups in total. The molecule has 1 amide bonds. The third-order valence-corrected chi connectivity index (χ3v) is 4.13. The number of para-hydroxylation sites is 1. The first-order valence-corrected chi connectivity index (χ1v) is 8.66. The Balaban J connectivity index is 1.82. The Morgan fingerprint density at radius 3 is 2.45 bits per heavy atom. The molecule has 5 nitrogen and oxygen atoms in total. The lowest BCUT2D eigenvalue weighted by molar-refractivity contribution is -0.137. The molecule has 0 aliphatic rings. The molecule has 1 heterocycles. The van der Waals surface area contributed by atoms with Gasteiger partial charge in [-0.1, -0.05) is 41.9 Å². The van der Waals surface area contributed by atoms with Crippen LogP contribution in [0.1, 0.15) is 16.9 Å². The van der Waals surface area contributed by atoms with E-state index in [1.54, 1.807) is 24.3 Å². The van der Waals surface area contributed by atoms with Crippen LogP contribution in [0.5, 0.6) is 5.75 Å². The maximum atomic E-state index is 13.4. The third-order valence-electron chi connectivity index (χ3n) is 3.92. The second kappa shape index (κ2) is 8.12. The van der Waals surface area contributed by atoms with Crippen molar-refractivity contribution in [2.24, 2.45) is 7.05 Å². The van der Waals surface area contributed by atoms with Crippen molar-refractivity contribution in [3.8, 4) is 16.9 Å². The van der Waals surface area contributed by atoms with E-state index in [0.29, 0.717) is 16.8 Å². The largest absolute Gasteiger partial charge is 0.417 e. The quantitative estimate of drug-likeness (QED) is 0.415. The summed E-state index contributed by atoms with van der Waals surface area (Å²) in [6.07, 6.45) is -4.10. The van der Waals surface area contributed by atoms with E-state index >= 15 is 0 Å². The number of halogens is 5. The van der Waals surface area contributed by atoms with Crippen LogP contribution in [0.25, 0.3) is 11.1 Å². The van der Waals surface area contributed by atoms with Gasteiger partial charge in [0.1, 0.15) is 0 Å². The van der Waals surface area contributed by atoms with Gasteiger partial charge in [0.2, 0.25) is 5.63 Å². The van der Waals surface area contributed by atoms with Gasteiger partial charge in [0.05, 0.1) is 17.4 Å². The summed E-state index contributed by atoms with van der Waals surface area (Å²) in [5.41, 5.74) is -1.76. The lowest BCUT2D eigenvalue weighted by Gasteiger charge is -2.12. The van der Waals surface area contributed by atoms with E-state index in [4.69, 9.17) is 16.3 Å². The van der Waals surface area contributed by atoms with Crippen LogP contribution < -0.4 is 10.1 Å². The number of nitrogens with one attached hydrogen (secondary N) is 1. The maximum Gasteiger partial charge on any atom is 0.417 e. The van der Waals surface area contributed by atoms with Crippen LogP contribution in [0.3, 0.4) is 0 Å². The molecule has 0 aliphatic carbocycles. The van der Waals surface area contributed by atoms with Crippen molar-refractivity contribution >= 4 is 23.4 Å². The number of hydrogen-bond acceptors (Lipinski definition) is 3. The molecule has 0 radical (unpaired) electrons. The first kappa shape index (κ1) is 20.7. The topological polar surface area (TPSA) is 56.1 Å². The molecule has 0 saturated heterocycles. The average Bonchev–Trinajstić information content (AvgIpc) is 3.02. The van der Waals surface area contributed by atoms with Crippen molar-refractivity contribution < 1.29 is 27.1 Å². The van der Waals surface area contributed by atoms with Crippen LogP contribution in [0.4, 0.5) is 28.0 Å². The van der Waals surface area contributed by atoms with Gasteiger partial charge in [-0.25, -0.2) is 9.18 Å². The average molecular weight is 428 g/mol. The highest BCUT2D eigenvalue weighted by Crippen LogP contribution is 2.34. The molecule has 10 heteroatoms. The predicted molar refractivity (Wildman–Crippen MR) is 99.4 cm³/mol. The zero-order chi connectivity index (χ0) is 21.2. The summed E-state index contributed by atoms with van der Waals surface area (Å²) >= 11 is 5.38. The van der Waals surface area contributed by atoms with Gasteiger partial charge in [-0.2, -0.15) is 18.3 Å². The van der Waals surface area contributed by atoms with E-state index in [9.17, 15) is 22.4 Å². The van der Waals surface area contributed by atoms with Gasteiger partial charge in [-0.05, 0) is 23.8 Å². The maximum absolute atomic E-state index is 13.4. The van der Waals surface area contributed by atoms with E-state index in [1.165, 1.54) is 30.1 Å². The Morgan fingerprint density at radius 2 is 1.83 bits per heavy atom. The molecule has 0 bridgehead atoms. The van der Waals surface area contributed by atoms with Gasteiger partial charge in [-0.15, -0.1) is 0 Å². The molecule has 1 unspecified atom stereocenters. The van der Waals surface area contributed by atoms with Crippen molar-refractivity contribution in [1.82, 2.24) is 9.78 Å². The minimum atomic E-state index is -4.45. The summed E-state index contributed by atoms with van der Waals surface area (Å²) in [6, 6.07) is 11.0. The number of anilines is 1. The Labute approximate surface area is 167 Å². The molecule has 1 atom stereocenters. The summed E-state index contributed by atoms with van der Waals surface area (Å²) < 4.78 is 58.0. The summed E-state index contributed by atoms with van der Waals surface area (Å²) in [7, 11) is 1.51. The first-order valence-electron chi connectivity index (χ1n) is 8.22. The van der Waals surface area contributed by atoms with Gasteiger partial charge in [0.15, 0.2) is 11.4 Å². The zero-order valence-electron chi connectivity index (χ0n) is 14.9. The van der Waals surface area contributed by atoms with Crippen molar-refractivity contribution in [1.29, 1.82) is 0 Å². The number of alkyl halides is 5. The Hall–Kier alpha value is -3.07. The molecule has 1 aromatic heterocycles. The predicted octanol–water partition coefficient (Wildman–Crippen LogP) is 5.92. The van der Waals surface area contributed by atoms with Crippen molar-refractivity contribution in [3.63, 3.8) is 0 Å². The molecule has 152 valence electrons. The number of benzene rings is 2. The van der Waals surface area contributed by atoms with Crippen LogP contribution in [-0.4, -0.2) is 15.9 Å². The fraction of sp³-hybridized carbons (Fsp3) is 0.158. The molecule has 2 aromatic carbocycles. The van der Waals surface area contributed by atoms with Crippen LogP contribution in [0.15, 0.2) is 54.7 Å².